The van der Waals surface area contributed by atoms with E-state index < -0.39 is 0 Å². The van der Waals surface area contributed by atoms with Crippen molar-refractivity contribution in [3.05, 3.63) is 94.8 Å². The maximum atomic E-state index is 13.4. The molecule has 42 heavy (non-hydrogen) atoms. The molecule has 2 aliphatic heterocycles. The minimum absolute atomic E-state index is 0.0267. The lowest BCUT2D eigenvalue weighted by molar-refractivity contribution is 0.0731. The molecule has 0 radical (unpaired) electrons. The molecule has 0 spiro atoms. The molecule has 9 heteroatoms. The topological polar surface area (TPSA) is 85.0 Å². The lowest BCUT2D eigenvalue weighted by Crippen LogP contribution is -2.49. The molecule has 3 amide bonds. The molecule has 2 fully saturated rings. The number of benzene rings is 3. The van der Waals surface area contributed by atoms with Gasteiger partial charge in [0.15, 0.2) is 0 Å². The predicted molar refractivity (Wildman–Crippen MR) is 163 cm³/mol. The van der Waals surface area contributed by atoms with Crippen LogP contribution < -0.4 is 15.5 Å². The van der Waals surface area contributed by atoms with Gasteiger partial charge in [0.05, 0.1) is 11.4 Å². The Labute approximate surface area is 246 Å². The Morgan fingerprint density at radius 1 is 0.714 bits per heavy atom. The number of hydrogen-bond donors (Lipinski definition) is 2. The molecule has 0 saturated carbocycles. The summed E-state index contributed by atoms with van der Waals surface area (Å²) >= 11 is 0. The average molecular weight is 572 g/mol. The summed E-state index contributed by atoms with van der Waals surface area (Å²) in [7, 11) is 0. The van der Waals surface area contributed by atoms with Gasteiger partial charge in [-0.2, -0.15) is 0 Å². The first-order valence-corrected chi connectivity index (χ1v) is 14.5. The van der Waals surface area contributed by atoms with Crippen molar-refractivity contribution in [2.75, 3.05) is 62.6 Å². The first kappa shape index (κ1) is 29.3. The Morgan fingerprint density at radius 3 is 1.88 bits per heavy atom. The van der Waals surface area contributed by atoms with Gasteiger partial charge in [-0.15, -0.1) is 0 Å². The van der Waals surface area contributed by atoms with Crippen LogP contribution in [0.1, 0.15) is 57.4 Å². The summed E-state index contributed by atoms with van der Waals surface area (Å²) < 4.78 is 13.3. The van der Waals surface area contributed by atoms with Crippen LogP contribution in [-0.4, -0.2) is 79.9 Å². The number of carbonyl (C=O) groups excluding carboxylic acids is 3. The van der Waals surface area contributed by atoms with Gasteiger partial charge in [0.25, 0.3) is 17.7 Å². The fraction of sp³-hybridized carbons (Fsp3) is 0.364. The zero-order valence-corrected chi connectivity index (χ0v) is 24.5. The van der Waals surface area contributed by atoms with Crippen LogP contribution in [0.3, 0.4) is 0 Å². The second kappa shape index (κ2) is 12.3. The highest BCUT2D eigenvalue weighted by atomic mass is 19.1. The van der Waals surface area contributed by atoms with Crippen LogP contribution in [-0.2, 0) is 5.41 Å². The van der Waals surface area contributed by atoms with Gasteiger partial charge in [-0.05, 0) is 65.6 Å². The Morgan fingerprint density at radius 2 is 1.26 bits per heavy atom. The number of hydrogen-bond acceptors (Lipinski definition) is 5. The monoisotopic (exact) mass is 571 g/mol. The number of amides is 3. The first-order chi connectivity index (χ1) is 20.1. The SMILES string of the molecule is CC(C)(C)c1ccc(C(=O)Nc2cc(C(=O)N3CCNCC3)ccc2N2CCN(C(=O)c3ccc(F)cc3)CC2)cc1. The molecule has 2 heterocycles. The van der Waals surface area contributed by atoms with Crippen LogP contribution in [0, 0.1) is 5.82 Å². The van der Waals surface area contributed by atoms with Crippen molar-refractivity contribution in [1.82, 2.24) is 15.1 Å². The Bertz CT molecular complexity index is 1440. The van der Waals surface area contributed by atoms with Crippen LogP contribution in [0.5, 0.6) is 0 Å². The highest BCUT2D eigenvalue weighted by molar-refractivity contribution is 6.07. The Balaban J connectivity index is 1.36. The molecule has 2 aliphatic rings. The van der Waals surface area contributed by atoms with E-state index in [0.29, 0.717) is 61.6 Å². The van der Waals surface area contributed by atoms with Crippen molar-refractivity contribution in [1.29, 1.82) is 0 Å². The van der Waals surface area contributed by atoms with E-state index in [1.165, 1.54) is 24.3 Å². The third-order valence-corrected chi connectivity index (χ3v) is 7.91. The largest absolute Gasteiger partial charge is 0.366 e. The standard InChI is InChI=1S/C33H38FN5O3/c1-33(2,3)26-9-4-23(5-10-26)30(40)36-28-22-25(32(42)38-16-14-35-15-17-38)8-13-29(28)37-18-20-39(21-19-37)31(41)24-6-11-27(34)12-7-24/h4-13,22,35H,14-21H2,1-3H3,(H,36,40). The number of carbonyl (C=O) groups is 3. The van der Waals surface area contributed by atoms with Crippen LogP contribution >= 0.6 is 0 Å². The predicted octanol–water partition coefficient (Wildman–Crippen LogP) is 4.38. The molecule has 2 saturated heterocycles. The summed E-state index contributed by atoms with van der Waals surface area (Å²) in [6, 6.07) is 18.6. The number of anilines is 2. The molecular formula is C33H38FN5O3. The van der Waals surface area contributed by atoms with Crippen molar-refractivity contribution in [3.63, 3.8) is 0 Å². The molecular weight excluding hydrogens is 533 g/mol. The fourth-order valence-corrected chi connectivity index (χ4v) is 5.34. The highest BCUT2D eigenvalue weighted by Crippen LogP contribution is 2.30. The van der Waals surface area contributed by atoms with Gasteiger partial charge in [-0.25, -0.2) is 4.39 Å². The van der Waals surface area contributed by atoms with Crippen LogP contribution in [0.15, 0.2) is 66.7 Å². The van der Waals surface area contributed by atoms with Gasteiger partial charge in [0, 0.05) is 69.0 Å². The lowest BCUT2D eigenvalue weighted by Gasteiger charge is -2.37. The fourth-order valence-electron chi connectivity index (χ4n) is 5.34. The summed E-state index contributed by atoms with van der Waals surface area (Å²) in [5, 5.41) is 6.33. The summed E-state index contributed by atoms with van der Waals surface area (Å²) in [4.78, 5) is 45.4. The van der Waals surface area contributed by atoms with Gasteiger partial charge in [-0.1, -0.05) is 32.9 Å². The maximum absolute atomic E-state index is 13.4. The summed E-state index contributed by atoms with van der Waals surface area (Å²) in [5.41, 5.74) is 3.95. The molecule has 5 rings (SSSR count). The van der Waals surface area contributed by atoms with Gasteiger partial charge in [-0.3, -0.25) is 14.4 Å². The van der Waals surface area contributed by atoms with E-state index in [9.17, 15) is 18.8 Å². The Kier molecular flexibility index (Phi) is 8.59. The van der Waals surface area contributed by atoms with Gasteiger partial charge >= 0.3 is 0 Å². The summed E-state index contributed by atoms with van der Waals surface area (Å²) in [5.74, 6) is -0.842. The van der Waals surface area contributed by atoms with Crippen LogP contribution in [0.4, 0.5) is 15.8 Å². The highest BCUT2D eigenvalue weighted by Gasteiger charge is 2.26. The molecule has 0 unspecified atom stereocenters. The second-order valence-electron chi connectivity index (χ2n) is 11.8. The quantitative estimate of drug-likeness (QED) is 0.475. The number of nitrogens with zero attached hydrogens (tertiary/aromatic N) is 3. The Hall–Kier alpha value is -4.24. The molecule has 0 atom stereocenters. The lowest BCUT2D eigenvalue weighted by atomic mass is 9.86. The zero-order chi connectivity index (χ0) is 29.9. The van der Waals surface area contributed by atoms with E-state index in [0.717, 1.165) is 24.3 Å². The van der Waals surface area contributed by atoms with Crippen molar-refractivity contribution in [2.45, 2.75) is 26.2 Å². The first-order valence-electron chi connectivity index (χ1n) is 14.5. The summed E-state index contributed by atoms with van der Waals surface area (Å²) in [6.07, 6.45) is 0. The zero-order valence-electron chi connectivity index (χ0n) is 24.5. The number of piperazine rings is 2. The van der Waals surface area contributed by atoms with E-state index in [2.05, 4.69) is 36.3 Å². The van der Waals surface area contributed by atoms with Gasteiger partial charge in [0.2, 0.25) is 0 Å². The smallest absolute Gasteiger partial charge is 0.255 e. The number of nitrogens with one attached hydrogen (secondary N) is 2. The van der Waals surface area contributed by atoms with Crippen molar-refractivity contribution in [2.24, 2.45) is 0 Å². The van der Waals surface area contributed by atoms with Gasteiger partial charge < -0.3 is 25.3 Å². The third kappa shape index (κ3) is 6.62. The molecule has 0 bridgehead atoms. The third-order valence-electron chi connectivity index (χ3n) is 7.91. The summed E-state index contributed by atoms with van der Waals surface area (Å²) in [6.45, 7) is 11.2. The number of halogens is 1. The van der Waals surface area contributed by atoms with E-state index in [4.69, 9.17) is 0 Å². The molecule has 2 N–H and O–H groups in total. The maximum Gasteiger partial charge on any atom is 0.255 e. The minimum atomic E-state index is -0.380. The molecule has 220 valence electrons. The molecule has 0 aromatic heterocycles. The molecule has 3 aromatic carbocycles. The minimum Gasteiger partial charge on any atom is -0.366 e. The number of rotatable bonds is 5. The molecule has 8 nitrogen and oxygen atoms in total. The van der Waals surface area contributed by atoms with Crippen LogP contribution in [0.25, 0.3) is 0 Å². The van der Waals surface area contributed by atoms with Crippen LogP contribution in [0.2, 0.25) is 0 Å². The van der Waals surface area contributed by atoms with E-state index in [-0.39, 0.29) is 29.0 Å². The average Bonchev–Trinajstić information content (AvgIpc) is 3.01. The molecule has 3 aromatic rings. The van der Waals surface area contributed by atoms with Crippen molar-refractivity contribution >= 4 is 29.1 Å². The molecule has 0 aliphatic carbocycles. The van der Waals surface area contributed by atoms with E-state index in [1.807, 2.05) is 41.3 Å². The normalized spacial score (nSPS) is 15.9. The second-order valence-corrected chi connectivity index (χ2v) is 11.8. The van der Waals surface area contributed by atoms with Crippen molar-refractivity contribution < 1.29 is 18.8 Å². The van der Waals surface area contributed by atoms with E-state index >= 15 is 0 Å². The van der Waals surface area contributed by atoms with E-state index in [1.54, 1.807) is 11.0 Å². The van der Waals surface area contributed by atoms with Crippen molar-refractivity contribution in [3.8, 4) is 0 Å². The van der Waals surface area contributed by atoms with Gasteiger partial charge in [0.1, 0.15) is 5.82 Å².